The third-order valence-electron chi connectivity index (χ3n) is 4.28. The number of rotatable bonds is 5. The minimum absolute atomic E-state index is 0.432. The van der Waals surface area contributed by atoms with Gasteiger partial charge in [-0.25, -0.2) is 0 Å². The first-order valence-corrected chi connectivity index (χ1v) is 9.16. The molecule has 26 heavy (non-hydrogen) atoms. The number of hydrogen-bond donors (Lipinski definition) is 2. The molecule has 0 saturated carbocycles. The smallest absolute Gasteiger partial charge is 0.234 e. The number of hydrogen-bond acceptors (Lipinski definition) is 6. The van der Waals surface area contributed by atoms with Gasteiger partial charge in [0.1, 0.15) is 5.82 Å². The average molecular weight is 372 g/mol. The van der Waals surface area contributed by atoms with E-state index in [4.69, 9.17) is 17.0 Å². The summed E-state index contributed by atoms with van der Waals surface area (Å²) in [5.41, 5.74) is 1.05. The lowest BCUT2D eigenvalue weighted by Crippen LogP contribution is -2.35. The predicted molar refractivity (Wildman–Crippen MR) is 106 cm³/mol. The molecule has 1 saturated heterocycles. The molecule has 0 radical (unpaired) electrons. The molecule has 2 aromatic heterocycles. The Hall–Kier alpha value is -2.48. The molecule has 1 atom stereocenters. The Bertz CT molecular complexity index is 742. The summed E-state index contributed by atoms with van der Waals surface area (Å²) >= 11 is 5.36. The first-order valence-electron chi connectivity index (χ1n) is 8.76. The van der Waals surface area contributed by atoms with Gasteiger partial charge in [-0.3, -0.25) is 4.98 Å². The highest BCUT2D eigenvalue weighted by Crippen LogP contribution is 2.25. The fourth-order valence-corrected chi connectivity index (χ4v) is 3.13. The SMILES string of the molecule is COc1cc(N2CCC[C@@H](C)C2)nc(NC(=S)NCc2cccnc2)n1. The highest BCUT2D eigenvalue weighted by Gasteiger charge is 2.19. The van der Waals surface area contributed by atoms with Crippen LogP contribution in [-0.4, -0.2) is 40.3 Å². The van der Waals surface area contributed by atoms with E-state index in [-0.39, 0.29) is 0 Å². The largest absolute Gasteiger partial charge is 0.481 e. The number of ether oxygens (including phenoxy) is 1. The third kappa shape index (κ3) is 5.01. The second kappa shape index (κ2) is 8.75. The van der Waals surface area contributed by atoms with Crippen LogP contribution in [0.25, 0.3) is 0 Å². The minimum Gasteiger partial charge on any atom is -0.481 e. The van der Waals surface area contributed by atoms with E-state index in [1.807, 2.05) is 18.2 Å². The lowest BCUT2D eigenvalue weighted by molar-refractivity contribution is 0.396. The zero-order valence-corrected chi connectivity index (χ0v) is 15.9. The summed E-state index contributed by atoms with van der Waals surface area (Å²) in [7, 11) is 1.60. The van der Waals surface area contributed by atoms with Crippen molar-refractivity contribution >= 4 is 29.1 Å². The van der Waals surface area contributed by atoms with Gasteiger partial charge in [-0.15, -0.1) is 0 Å². The predicted octanol–water partition coefficient (Wildman–Crippen LogP) is 2.60. The van der Waals surface area contributed by atoms with Gasteiger partial charge >= 0.3 is 0 Å². The van der Waals surface area contributed by atoms with Crippen LogP contribution in [-0.2, 0) is 6.54 Å². The number of anilines is 2. The zero-order valence-electron chi connectivity index (χ0n) is 15.1. The van der Waals surface area contributed by atoms with Crippen molar-refractivity contribution in [3.8, 4) is 5.88 Å². The topological polar surface area (TPSA) is 75.2 Å². The lowest BCUT2D eigenvalue weighted by Gasteiger charge is -2.32. The van der Waals surface area contributed by atoms with Crippen LogP contribution in [0.3, 0.4) is 0 Å². The van der Waals surface area contributed by atoms with E-state index >= 15 is 0 Å². The molecule has 1 aliphatic heterocycles. The molecule has 0 aromatic carbocycles. The van der Waals surface area contributed by atoms with Gasteiger partial charge in [-0.2, -0.15) is 9.97 Å². The van der Waals surface area contributed by atoms with Gasteiger partial charge in [0.05, 0.1) is 7.11 Å². The van der Waals surface area contributed by atoms with Crippen LogP contribution in [0.4, 0.5) is 11.8 Å². The Morgan fingerprint density at radius 3 is 3.04 bits per heavy atom. The summed E-state index contributed by atoms with van der Waals surface area (Å²) < 4.78 is 5.33. The second-order valence-corrected chi connectivity index (χ2v) is 6.86. The molecular formula is C18H24N6OS. The Labute approximate surface area is 159 Å². The molecule has 3 rings (SSSR count). The fourth-order valence-electron chi connectivity index (χ4n) is 2.96. The minimum atomic E-state index is 0.432. The Morgan fingerprint density at radius 2 is 2.31 bits per heavy atom. The molecule has 0 aliphatic carbocycles. The lowest BCUT2D eigenvalue weighted by atomic mass is 10.0. The van der Waals surface area contributed by atoms with Gasteiger partial charge in [0.2, 0.25) is 11.8 Å². The summed E-state index contributed by atoms with van der Waals surface area (Å²) in [4.78, 5) is 15.3. The Morgan fingerprint density at radius 1 is 1.42 bits per heavy atom. The number of nitrogens with one attached hydrogen (secondary N) is 2. The number of methoxy groups -OCH3 is 1. The summed E-state index contributed by atoms with van der Waals surface area (Å²) in [6.07, 6.45) is 5.97. The van der Waals surface area contributed by atoms with Gasteiger partial charge in [0.15, 0.2) is 5.11 Å². The molecule has 1 aliphatic rings. The highest BCUT2D eigenvalue weighted by molar-refractivity contribution is 7.80. The summed E-state index contributed by atoms with van der Waals surface area (Å²) in [5, 5.41) is 6.64. The number of piperidine rings is 1. The van der Waals surface area contributed by atoms with E-state index in [1.165, 1.54) is 12.8 Å². The van der Waals surface area contributed by atoms with Crippen molar-refractivity contribution in [1.82, 2.24) is 20.3 Å². The third-order valence-corrected chi connectivity index (χ3v) is 4.53. The van der Waals surface area contributed by atoms with Gasteiger partial charge in [0.25, 0.3) is 0 Å². The van der Waals surface area contributed by atoms with Crippen molar-refractivity contribution in [3.63, 3.8) is 0 Å². The second-order valence-electron chi connectivity index (χ2n) is 6.45. The molecular weight excluding hydrogens is 348 g/mol. The molecule has 1 fully saturated rings. The van der Waals surface area contributed by atoms with Gasteiger partial charge in [0, 0.05) is 38.1 Å². The van der Waals surface area contributed by atoms with Crippen molar-refractivity contribution in [2.75, 3.05) is 30.4 Å². The van der Waals surface area contributed by atoms with Crippen molar-refractivity contribution in [2.45, 2.75) is 26.3 Å². The molecule has 3 heterocycles. The van der Waals surface area contributed by atoms with Crippen LogP contribution in [0.15, 0.2) is 30.6 Å². The van der Waals surface area contributed by atoms with Gasteiger partial charge in [-0.05, 0) is 42.6 Å². The number of thiocarbonyl (C=S) groups is 1. The molecule has 2 aromatic rings. The highest BCUT2D eigenvalue weighted by atomic mass is 32.1. The van der Waals surface area contributed by atoms with E-state index in [9.17, 15) is 0 Å². The first kappa shape index (κ1) is 18.3. The monoisotopic (exact) mass is 372 g/mol. The van der Waals surface area contributed by atoms with E-state index in [0.717, 1.165) is 24.5 Å². The number of aromatic nitrogens is 3. The van der Waals surface area contributed by atoms with Crippen LogP contribution < -0.4 is 20.3 Å². The van der Waals surface area contributed by atoms with E-state index < -0.39 is 0 Å². The molecule has 0 bridgehead atoms. The van der Waals surface area contributed by atoms with Crippen LogP contribution in [0.5, 0.6) is 5.88 Å². The molecule has 0 spiro atoms. The average Bonchev–Trinajstić information content (AvgIpc) is 2.67. The summed E-state index contributed by atoms with van der Waals surface area (Å²) in [6, 6.07) is 5.75. The van der Waals surface area contributed by atoms with Crippen molar-refractivity contribution in [2.24, 2.45) is 5.92 Å². The standard InChI is InChI=1S/C18H24N6OS/c1-13-5-4-8-24(12-13)15-9-16(25-2)22-17(21-15)23-18(26)20-11-14-6-3-7-19-10-14/h3,6-7,9-10,13H,4-5,8,11-12H2,1-2H3,(H2,20,21,22,23,26)/t13-/m1/s1. The van der Waals surface area contributed by atoms with E-state index in [0.29, 0.717) is 29.4 Å². The summed E-state index contributed by atoms with van der Waals surface area (Å²) in [5.74, 6) is 2.47. The van der Waals surface area contributed by atoms with Crippen molar-refractivity contribution in [3.05, 3.63) is 36.2 Å². The van der Waals surface area contributed by atoms with Crippen molar-refractivity contribution in [1.29, 1.82) is 0 Å². The molecule has 138 valence electrons. The van der Waals surface area contributed by atoms with Gasteiger partial charge < -0.3 is 20.3 Å². The van der Waals surface area contributed by atoms with E-state index in [1.54, 1.807) is 19.5 Å². The zero-order chi connectivity index (χ0) is 18.4. The molecule has 0 unspecified atom stereocenters. The molecule has 7 nitrogen and oxygen atoms in total. The maximum atomic E-state index is 5.36. The van der Waals surface area contributed by atoms with Crippen LogP contribution in [0.1, 0.15) is 25.3 Å². The van der Waals surface area contributed by atoms with Crippen molar-refractivity contribution < 1.29 is 4.74 Å². The summed E-state index contributed by atoms with van der Waals surface area (Å²) in [6.45, 7) is 4.83. The number of pyridine rings is 1. The Kier molecular flexibility index (Phi) is 6.17. The van der Waals surface area contributed by atoms with Crippen LogP contribution >= 0.6 is 12.2 Å². The normalized spacial score (nSPS) is 16.8. The molecule has 2 N–H and O–H groups in total. The maximum absolute atomic E-state index is 5.36. The van der Waals surface area contributed by atoms with Crippen LogP contribution in [0, 0.1) is 5.92 Å². The Balaban J connectivity index is 1.66. The van der Waals surface area contributed by atoms with E-state index in [2.05, 4.69) is 37.4 Å². The molecule has 8 heteroatoms. The molecule has 0 amide bonds. The maximum Gasteiger partial charge on any atom is 0.234 e. The van der Waals surface area contributed by atoms with Crippen LogP contribution in [0.2, 0.25) is 0 Å². The quantitative estimate of drug-likeness (QED) is 0.776. The number of nitrogens with zero attached hydrogens (tertiary/aromatic N) is 4. The fraction of sp³-hybridized carbons (Fsp3) is 0.444. The van der Waals surface area contributed by atoms with Gasteiger partial charge in [-0.1, -0.05) is 13.0 Å². The first-order chi connectivity index (χ1) is 12.6.